The lowest BCUT2D eigenvalue weighted by atomic mass is 9.75. The fourth-order valence-electron chi connectivity index (χ4n) is 12.4. The van der Waals surface area contributed by atoms with Gasteiger partial charge in [0.1, 0.15) is 0 Å². The highest BCUT2D eigenvalue weighted by Crippen LogP contribution is 2.57. The summed E-state index contributed by atoms with van der Waals surface area (Å²) in [7, 11) is 0. The third-order valence-electron chi connectivity index (χ3n) is 15.6. The molecule has 14 rings (SSSR count). The summed E-state index contributed by atoms with van der Waals surface area (Å²) in [5.74, 6) is 0. The highest BCUT2D eigenvalue weighted by atomic mass is 15.1. The van der Waals surface area contributed by atoms with Crippen LogP contribution in [0, 0.1) is 0 Å². The quantitative estimate of drug-likeness (QED) is 0.108. The average molecular weight is 916 g/mol. The van der Waals surface area contributed by atoms with Gasteiger partial charge in [0.05, 0.1) is 0 Å². The van der Waals surface area contributed by atoms with Crippen molar-refractivity contribution in [2.45, 2.75) is 18.3 Å². The Morgan fingerprint density at radius 3 is 1.38 bits per heavy atom. The van der Waals surface area contributed by atoms with Crippen LogP contribution in [0.15, 0.2) is 261 Å². The fraction of sp³-hybridized carbons (Fsp3) is 0.0423. The zero-order chi connectivity index (χ0) is 47.6. The Labute approximate surface area is 421 Å². The topological polar surface area (TPSA) is 3.24 Å². The van der Waals surface area contributed by atoms with Gasteiger partial charge in [-0.1, -0.05) is 231 Å². The molecule has 2 aliphatic rings. The molecule has 0 atom stereocenters. The molecule has 1 spiro atoms. The molecule has 12 aromatic rings. The fourth-order valence-corrected chi connectivity index (χ4v) is 12.4. The molecule has 0 heterocycles. The Kier molecular flexibility index (Phi) is 9.96. The molecule has 0 radical (unpaired) electrons. The van der Waals surface area contributed by atoms with E-state index in [9.17, 15) is 0 Å². The van der Waals surface area contributed by atoms with E-state index in [0.29, 0.717) is 0 Å². The molecule has 0 fully saturated rings. The summed E-state index contributed by atoms with van der Waals surface area (Å²) in [6.45, 7) is 0. The van der Waals surface area contributed by atoms with Gasteiger partial charge in [-0.2, -0.15) is 0 Å². The molecular weight excluding hydrogens is 867 g/mol. The molecule has 0 saturated carbocycles. The molecule has 72 heavy (non-hydrogen) atoms. The summed E-state index contributed by atoms with van der Waals surface area (Å²) in [5.41, 5.74) is 21.5. The first kappa shape index (κ1) is 41.9. The maximum atomic E-state index is 2.49. The molecule has 12 aromatic carbocycles. The summed E-state index contributed by atoms with van der Waals surface area (Å²) < 4.78 is 0. The molecule has 1 heteroatoms. The van der Waals surface area contributed by atoms with E-state index in [0.717, 1.165) is 24.2 Å². The van der Waals surface area contributed by atoms with E-state index < -0.39 is 0 Å². The molecule has 0 bridgehead atoms. The van der Waals surface area contributed by atoms with E-state index in [2.05, 4.69) is 278 Å². The van der Waals surface area contributed by atoms with E-state index in [-0.39, 0.29) is 5.41 Å². The van der Waals surface area contributed by atoms with Crippen molar-refractivity contribution in [2.24, 2.45) is 0 Å². The van der Waals surface area contributed by atoms with Crippen molar-refractivity contribution in [3.63, 3.8) is 0 Å². The maximum absolute atomic E-state index is 2.49. The molecule has 1 nitrogen and oxygen atoms in total. The maximum Gasteiger partial charge on any atom is 0.0465 e. The summed E-state index contributed by atoms with van der Waals surface area (Å²) in [4.78, 5) is 2.40. The van der Waals surface area contributed by atoms with Gasteiger partial charge < -0.3 is 4.90 Å². The second kappa shape index (κ2) is 17.1. The third-order valence-corrected chi connectivity index (χ3v) is 15.6. The normalized spacial score (nSPS) is 13.2. The van der Waals surface area contributed by atoms with E-state index in [1.165, 1.54) is 116 Å². The van der Waals surface area contributed by atoms with Gasteiger partial charge in [-0.25, -0.2) is 0 Å². The number of para-hydroxylation sites is 2. The van der Waals surface area contributed by atoms with Crippen LogP contribution in [0.25, 0.3) is 89.0 Å². The number of benzene rings is 12. The van der Waals surface area contributed by atoms with Crippen molar-refractivity contribution in [3.8, 4) is 44.5 Å². The minimum absolute atomic E-state index is 0.165. The molecule has 338 valence electrons. The van der Waals surface area contributed by atoms with Gasteiger partial charge in [0.2, 0.25) is 0 Å². The van der Waals surface area contributed by atoms with E-state index in [4.69, 9.17) is 0 Å². The van der Waals surface area contributed by atoms with Crippen molar-refractivity contribution in [3.05, 3.63) is 294 Å². The van der Waals surface area contributed by atoms with Gasteiger partial charge >= 0.3 is 0 Å². The van der Waals surface area contributed by atoms with Crippen LogP contribution in [0.5, 0.6) is 0 Å². The zero-order valence-corrected chi connectivity index (χ0v) is 39.8. The predicted molar refractivity (Wildman–Crippen MR) is 305 cm³/mol. The number of hydrogen-bond donors (Lipinski definition) is 0. The van der Waals surface area contributed by atoms with Crippen LogP contribution in [-0.2, 0) is 18.3 Å². The lowest BCUT2D eigenvalue weighted by Gasteiger charge is -2.30. The number of rotatable bonds is 8. The van der Waals surface area contributed by atoms with Crippen LogP contribution in [0.2, 0.25) is 0 Å². The van der Waals surface area contributed by atoms with E-state index in [1.807, 2.05) is 0 Å². The predicted octanol–water partition coefficient (Wildman–Crippen LogP) is 18.9. The van der Waals surface area contributed by atoms with Gasteiger partial charge in [0, 0.05) is 22.5 Å². The number of nitrogens with zero attached hydrogens (tertiary/aromatic N) is 1. The molecule has 0 amide bonds. The van der Waals surface area contributed by atoms with Gasteiger partial charge in [-0.15, -0.1) is 0 Å². The van der Waals surface area contributed by atoms with Crippen molar-refractivity contribution in [1.29, 1.82) is 0 Å². The second-order valence-corrected chi connectivity index (χ2v) is 19.6. The molecular formula is C71H49N. The first-order chi connectivity index (χ1) is 35.7. The summed E-state index contributed by atoms with van der Waals surface area (Å²) in [5, 5.41) is 7.68. The van der Waals surface area contributed by atoms with Crippen LogP contribution in [0.4, 0.5) is 17.1 Å². The smallest absolute Gasteiger partial charge is 0.0465 e. The highest BCUT2D eigenvalue weighted by molar-refractivity contribution is 6.33. The molecule has 0 N–H and O–H groups in total. The van der Waals surface area contributed by atoms with Crippen LogP contribution < -0.4 is 4.90 Å². The molecule has 0 unspecified atom stereocenters. The standard InChI is InChI=1S/C71H49N/c1-5-19-50(20-6-1)65-45-64(68(52-21-7-2-8-22-52)70-63-32-18-16-30-59(63)58-29-15-17-31-62(58)69(65)70)51-38-35-48(36-39-51)33-34-49-37-41-60-61-42-40-57(72(55-25-9-3-10-26-55)56-27-11-4-12-28-56)44-67(61)71(66(60)43-49)46-53-23-13-14-24-54(53)47-71/h1-45H,46-47H2/b34-33+. The van der Waals surface area contributed by atoms with Crippen molar-refractivity contribution < 1.29 is 0 Å². The van der Waals surface area contributed by atoms with E-state index >= 15 is 0 Å². The second-order valence-electron chi connectivity index (χ2n) is 19.6. The summed E-state index contributed by atoms with van der Waals surface area (Å²) in [6, 6.07) is 96.5. The van der Waals surface area contributed by atoms with Gasteiger partial charge in [0.25, 0.3) is 0 Å². The van der Waals surface area contributed by atoms with Gasteiger partial charge in [-0.05, 0) is 166 Å². The minimum Gasteiger partial charge on any atom is -0.310 e. The first-order valence-corrected chi connectivity index (χ1v) is 25.2. The Bertz CT molecular complexity index is 3990. The molecule has 0 aromatic heterocycles. The average Bonchev–Trinajstić information content (AvgIpc) is 3.98. The van der Waals surface area contributed by atoms with Gasteiger partial charge in [-0.3, -0.25) is 0 Å². The Morgan fingerprint density at radius 1 is 0.306 bits per heavy atom. The molecule has 0 aliphatic heterocycles. The Morgan fingerprint density at radius 2 is 0.764 bits per heavy atom. The molecule has 2 aliphatic carbocycles. The van der Waals surface area contributed by atoms with Crippen molar-refractivity contribution in [2.75, 3.05) is 4.90 Å². The van der Waals surface area contributed by atoms with E-state index in [1.54, 1.807) is 0 Å². The Hall–Kier alpha value is -9.04. The first-order valence-electron chi connectivity index (χ1n) is 25.2. The van der Waals surface area contributed by atoms with Crippen molar-refractivity contribution in [1.82, 2.24) is 0 Å². The lowest BCUT2D eigenvalue weighted by molar-refractivity contribution is 0.563. The van der Waals surface area contributed by atoms with Crippen LogP contribution in [0.3, 0.4) is 0 Å². The third kappa shape index (κ3) is 6.84. The van der Waals surface area contributed by atoms with Crippen LogP contribution in [-0.4, -0.2) is 0 Å². The summed E-state index contributed by atoms with van der Waals surface area (Å²) in [6.07, 6.45) is 6.56. The largest absolute Gasteiger partial charge is 0.310 e. The summed E-state index contributed by atoms with van der Waals surface area (Å²) >= 11 is 0. The van der Waals surface area contributed by atoms with Crippen molar-refractivity contribution >= 4 is 61.5 Å². The van der Waals surface area contributed by atoms with Gasteiger partial charge in [0.15, 0.2) is 0 Å². The van der Waals surface area contributed by atoms with Crippen LogP contribution >= 0.6 is 0 Å². The number of hydrogen-bond acceptors (Lipinski definition) is 1. The minimum atomic E-state index is -0.165. The number of fused-ring (bicyclic) bond motifs is 12. The molecule has 0 saturated heterocycles. The zero-order valence-electron chi connectivity index (χ0n) is 39.8. The monoisotopic (exact) mass is 915 g/mol. The lowest BCUT2D eigenvalue weighted by Crippen LogP contribution is -2.26. The highest BCUT2D eigenvalue weighted by Gasteiger charge is 2.47. The SMILES string of the molecule is C(=C\c1ccc2c(c1)C1(Cc3ccccc3C1)c1cc(N(c3ccccc3)c3ccccc3)ccc1-2)/c1ccc(-c2cc(-c3ccccc3)c3c4ccccc4c4ccccc4c3c2-c2ccccc2)cc1. The number of anilines is 3. The van der Waals surface area contributed by atoms with Crippen LogP contribution in [0.1, 0.15) is 33.4 Å². The Balaban J connectivity index is 0.870.